The van der Waals surface area contributed by atoms with E-state index in [1.165, 1.54) is 25.1 Å². The van der Waals surface area contributed by atoms with Crippen LogP contribution >= 0.6 is 11.6 Å². The van der Waals surface area contributed by atoms with Gasteiger partial charge in [-0.2, -0.15) is 0 Å². The highest BCUT2D eigenvalue weighted by Crippen LogP contribution is 2.28. The molecule has 26 heavy (non-hydrogen) atoms. The highest BCUT2D eigenvalue weighted by atomic mass is 35.5. The number of amides is 2. The van der Waals surface area contributed by atoms with Gasteiger partial charge < -0.3 is 10.6 Å². The van der Waals surface area contributed by atoms with Crippen molar-refractivity contribution in [1.82, 2.24) is 5.32 Å². The van der Waals surface area contributed by atoms with Crippen LogP contribution < -0.4 is 10.6 Å². The second kappa shape index (κ2) is 8.15. The van der Waals surface area contributed by atoms with Crippen molar-refractivity contribution >= 4 is 35.2 Å². The van der Waals surface area contributed by atoms with Crippen molar-refractivity contribution in [2.24, 2.45) is 0 Å². The molecule has 2 N–H and O–H groups in total. The summed E-state index contributed by atoms with van der Waals surface area (Å²) in [4.78, 5) is 23.2. The fraction of sp³-hybridized carbons (Fsp3) is 0.200. The monoisotopic (exact) mass is 374 g/mol. The van der Waals surface area contributed by atoms with E-state index in [1.54, 1.807) is 50.3 Å². The summed E-state index contributed by atoms with van der Waals surface area (Å²) in [6, 6.07) is 11.2. The van der Waals surface area contributed by atoms with Crippen molar-refractivity contribution in [3.63, 3.8) is 0 Å². The maximum Gasteiger partial charge on any atom is 0.244 e. The number of benzene rings is 2. The summed E-state index contributed by atoms with van der Waals surface area (Å²) in [6.45, 7) is 5.02. The molecule has 2 rings (SSSR count). The summed E-state index contributed by atoms with van der Waals surface area (Å²) in [5.41, 5.74) is 1.36. The quantitative estimate of drug-likeness (QED) is 0.757. The van der Waals surface area contributed by atoms with E-state index < -0.39 is 11.4 Å². The van der Waals surface area contributed by atoms with E-state index >= 15 is 0 Å². The summed E-state index contributed by atoms with van der Waals surface area (Å²) in [5.74, 6) is -0.876. The number of hydrogen-bond donors (Lipinski definition) is 2. The first kappa shape index (κ1) is 19.7. The Morgan fingerprint density at radius 3 is 2.35 bits per heavy atom. The van der Waals surface area contributed by atoms with Crippen LogP contribution in [0.25, 0.3) is 6.08 Å². The average molecular weight is 375 g/mol. The maximum absolute atomic E-state index is 13.2. The number of halogens is 2. The highest BCUT2D eigenvalue weighted by Gasteiger charge is 2.24. The maximum atomic E-state index is 13.2. The van der Waals surface area contributed by atoms with Crippen molar-refractivity contribution in [3.8, 4) is 0 Å². The van der Waals surface area contributed by atoms with Gasteiger partial charge in [-0.15, -0.1) is 0 Å². The zero-order valence-electron chi connectivity index (χ0n) is 14.8. The molecule has 2 amide bonds. The van der Waals surface area contributed by atoms with Crippen molar-refractivity contribution in [2.75, 3.05) is 5.32 Å². The molecule has 0 unspecified atom stereocenters. The first-order chi connectivity index (χ1) is 12.2. The summed E-state index contributed by atoms with van der Waals surface area (Å²) >= 11 is 6.08. The fourth-order valence-corrected chi connectivity index (χ4v) is 2.87. The third kappa shape index (κ3) is 5.43. The lowest BCUT2D eigenvalue weighted by atomic mass is 9.94. The van der Waals surface area contributed by atoms with E-state index in [1.807, 2.05) is 0 Å². The Bertz CT molecular complexity index is 845. The second-order valence-electron chi connectivity index (χ2n) is 6.37. The highest BCUT2D eigenvalue weighted by molar-refractivity contribution is 6.31. The van der Waals surface area contributed by atoms with Gasteiger partial charge in [-0.05, 0) is 55.3 Å². The molecule has 2 aromatic rings. The number of hydrogen-bond acceptors (Lipinski definition) is 2. The lowest BCUT2D eigenvalue weighted by Gasteiger charge is -2.27. The summed E-state index contributed by atoms with van der Waals surface area (Å²) in [7, 11) is 0. The molecular formula is C20H20ClFN2O2. The minimum Gasteiger partial charge on any atom is -0.344 e. The van der Waals surface area contributed by atoms with E-state index in [4.69, 9.17) is 11.6 Å². The predicted molar refractivity (Wildman–Crippen MR) is 102 cm³/mol. The standard InChI is InChI=1S/C20H20ClFN2O2/c1-13(25)23-16-8-4-14(5-9-16)6-11-19(26)24-20(2,3)17-10-7-15(22)12-18(17)21/h4-12H,1-3H3,(H,23,25)(H,24,26)/b11-6+. The Labute approximate surface area is 157 Å². The molecular weight excluding hydrogens is 355 g/mol. The van der Waals surface area contributed by atoms with Crippen LogP contribution in [0.2, 0.25) is 5.02 Å². The minimum absolute atomic E-state index is 0.144. The molecule has 0 spiro atoms. The second-order valence-corrected chi connectivity index (χ2v) is 6.78. The van der Waals surface area contributed by atoms with E-state index in [-0.39, 0.29) is 16.8 Å². The SMILES string of the molecule is CC(=O)Nc1ccc(/C=C/C(=O)NC(C)(C)c2ccc(F)cc2Cl)cc1. The Kier molecular flexibility index (Phi) is 6.16. The smallest absolute Gasteiger partial charge is 0.244 e. The molecule has 0 heterocycles. The van der Waals surface area contributed by atoms with E-state index in [0.717, 1.165) is 5.56 Å². The van der Waals surface area contributed by atoms with Crippen LogP contribution in [0.3, 0.4) is 0 Å². The van der Waals surface area contributed by atoms with Gasteiger partial charge in [-0.25, -0.2) is 4.39 Å². The first-order valence-corrected chi connectivity index (χ1v) is 8.38. The molecule has 136 valence electrons. The molecule has 0 aromatic heterocycles. The molecule has 0 saturated carbocycles. The van der Waals surface area contributed by atoms with Gasteiger partial charge in [0.25, 0.3) is 0 Å². The molecule has 0 aliphatic carbocycles. The summed E-state index contributed by atoms with van der Waals surface area (Å²) < 4.78 is 13.2. The normalized spacial score (nSPS) is 11.4. The van der Waals surface area contributed by atoms with Crippen molar-refractivity contribution in [1.29, 1.82) is 0 Å². The van der Waals surface area contributed by atoms with Gasteiger partial charge in [-0.1, -0.05) is 29.8 Å². The molecule has 2 aromatic carbocycles. The van der Waals surface area contributed by atoms with Crippen LogP contribution in [0.1, 0.15) is 31.9 Å². The van der Waals surface area contributed by atoms with E-state index in [2.05, 4.69) is 10.6 Å². The topological polar surface area (TPSA) is 58.2 Å². The zero-order chi connectivity index (χ0) is 19.3. The van der Waals surface area contributed by atoms with Gasteiger partial charge in [0.2, 0.25) is 11.8 Å². The van der Waals surface area contributed by atoms with Crippen molar-refractivity contribution < 1.29 is 14.0 Å². The summed E-state index contributed by atoms with van der Waals surface area (Å²) in [5, 5.41) is 5.78. The lowest BCUT2D eigenvalue weighted by molar-refractivity contribution is -0.118. The van der Waals surface area contributed by atoms with Crippen LogP contribution in [-0.2, 0) is 15.1 Å². The van der Waals surface area contributed by atoms with Gasteiger partial charge in [-0.3, -0.25) is 9.59 Å². The molecule has 0 aliphatic heterocycles. The molecule has 6 heteroatoms. The van der Waals surface area contributed by atoms with Gasteiger partial charge in [0.05, 0.1) is 5.54 Å². The number of rotatable bonds is 5. The molecule has 0 fully saturated rings. The molecule has 0 aliphatic rings. The average Bonchev–Trinajstić information content (AvgIpc) is 2.53. The van der Waals surface area contributed by atoms with Gasteiger partial charge in [0, 0.05) is 23.7 Å². The largest absolute Gasteiger partial charge is 0.344 e. The Morgan fingerprint density at radius 1 is 1.12 bits per heavy atom. The fourth-order valence-electron chi connectivity index (χ4n) is 2.47. The van der Waals surface area contributed by atoms with Gasteiger partial charge >= 0.3 is 0 Å². The number of anilines is 1. The minimum atomic E-state index is -0.762. The number of carbonyl (C=O) groups excluding carboxylic acids is 2. The third-order valence-corrected chi connectivity index (χ3v) is 4.01. The number of nitrogens with one attached hydrogen (secondary N) is 2. The molecule has 0 radical (unpaired) electrons. The van der Waals surface area contributed by atoms with E-state index in [0.29, 0.717) is 11.3 Å². The van der Waals surface area contributed by atoms with Crippen LogP contribution in [0.5, 0.6) is 0 Å². The summed E-state index contributed by atoms with van der Waals surface area (Å²) in [6.07, 6.45) is 3.07. The first-order valence-electron chi connectivity index (χ1n) is 8.01. The third-order valence-electron chi connectivity index (χ3n) is 3.70. The molecule has 0 atom stereocenters. The lowest BCUT2D eigenvalue weighted by Crippen LogP contribution is -2.40. The molecule has 4 nitrogen and oxygen atoms in total. The Hall–Kier alpha value is -2.66. The van der Waals surface area contributed by atoms with Crippen LogP contribution in [0.15, 0.2) is 48.5 Å². The Balaban J connectivity index is 2.04. The van der Waals surface area contributed by atoms with Gasteiger partial charge in [0.15, 0.2) is 0 Å². The zero-order valence-corrected chi connectivity index (χ0v) is 15.5. The van der Waals surface area contributed by atoms with Crippen LogP contribution in [-0.4, -0.2) is 11.8 Å². The number of carbonyl (C=O) groups is 2. The van der Waals surface area contributed by atoms with Crippen LogP contribution in [0.4, 0.5) is 10.1 Å². The van der Waals surface area contributed by atoms with Crippen molar-refractivity contribution in [3.05, 3.63) is 70.5 Å². The molecule has 0 saturated heterocycles. The predicted octanol–water partition coefficient (Wildman–Crippen LogP) is 4.50. The molecule has 0 bridgehead atoms. The van der Waals surface area contributed by atoms with E-state index in [9.17, 15) is 14.0 Å². The van der Waals surface area contributed by atoms with Crippen molar-refractivity contribution in [2.45, 2.75) is 26.3 Å². The van der Waals surface area contributed by atoms with Gasteiger partial charge in [0.1, 0.15) is 5.82 Å². The van der Waals surface area contributed by atoms with Crippen LogP contribution in [0, 0.1) is 5.82 Å². The Morgan fingerprint density at radius 2 is 1.77 bits per heavy atom.